The van der Waals surface area contributed by atoms with Gasteiger partial charge in [-0.2, -0.15) is 0 Å². The Balaban J connectivity index is 0.00000156. The molecular weight excluding hydrogens is 394 g/mol. The van der Waals surface area contributed by atoms with Crippen LogP contribution in [0.5, 0.6) is 0 Å². The van der Waals surface area contributed by atoms with Crippen molar-refractivity contribution in [3.8, 4) is 0 Å². The Morgan fingerprint density at radius 3 is 1.40 bits per heavy atom. The second kappa shape index (κ2) is 7.77. The normalized spacial score (nSPS) is 11.8. The first kappa shape index (κ1) is 22.8. The van der Waals surface area contributed by atoms with Crippen molar-refractivity contribution in [3.63, 3.8) is 0 Å². The molecular formula is C13H6Na2O8S2. The number of fused-ring (bicyclic) bond motifs is 2. The maximum absolute atomic E-state index is 12.4. The first-order chi connectivity index (χ1) is 10.6. The molecule has 120 valence electrons. The third-order valence-electron chi connectivity index (χ3n) is 3.19. The summed E-state index contributed by atoms with van der Waals surface area (Å²) in [5.41, 5.74) is -1.93. The Bertz CT molecular complexity index is 1140. The Labute approximate surface area is 186 Å². The van der Waals surface area contributed by atoms with Crippen molar-refractivity contribution in [2.24, 2.45) is 0 Å². The second-order valence-corrected chi connectivity index (χ2v) is 7.30. The molecule has 0 fully saturated rings. The van der Waals surface area contributed by atoms with Gasteiger partial charge in [-0.15, -0.1) is 0 Å². The zero-order chi connectivity index (χ0) is 17.0. The molecule has 8 nitrogen and oxygen atoms in total. The molecule has 1 aromatic heterocycles. The van der Waals surface area contributed by atoms with E-state index in [-0.39, 0.29) is 69.9 Å². The van der Waals surface area contributed by atoms with Gasteiger partial charge in [-0.1, -0.05) is 12.1 Å². The number of benzene rings is 2. The van der Waals surface area contributed by atoms with Gasteiger partial charge in [0.05, 0.1) is 20.6 Å². The van der Waals surface area contributed by atoms with Gasteiger partial charge in [0.15, 0.2) is 11.2 Å². The Morgan fingerprint density at radius 1 is 0.720 bits per heavy atom. The molecule has 0 unspecified atom stereocenters. The molecule has 3 aromatic rings. The van der Waals surface area contributed by atoms with E-state index in [4.69, 9.17) is 4.42 Å². The van der Waals surface area contributed by atoms with Crippen LogP contribution in [0, 0.1) is 0 Å². The van der Waals surface area contributed by atoms with Crippen molar-refractivity contribution in [1.82, 2.24) is 0 Å². The monoisotopic (exact) mass is 400 g/mol. The van der Waals surface area contributed by atoms with Gasteiger partial charge in [-0.05, 0) is 24.3 Å². The molecule has 0 radical (unpaired) electrons. The minimum Gasteiger partial charge on any atom is -0.744 e. The van der Waals surface area contributed by atoms with Gasteiger partial charge in [0.2, 0.25) is 5.43 Å². The second-order valence-electron chi connectivity index (χ2n) is 4.61. The van der Waals surface area contributed by atoms with E-state index in [0.29, 0.717) is 0 Å². The fraction of sp³-hybridized carbons (Fsp3) is 0. The number of rotatable bonds is 2. The summed E-state index contributed by atoms with van der Waals surface area (Å²) in [5.74, 6) is 0. The van der Waals surface area contributed by atoms with Crippen molar-refractivity contribution in [3.05, 3.63) is 46.6 Å². The van der Waals surface area contributed by atoms with Crippen LogP contribution < -0.4 is 64.5 Å². The minimum absolute atomic E-state index is 0. The molecule has 0 N–H and O–H groups in total. The summed E-state index contributed by atoms with van der Waals surface area (Å²) in [4.78, 5) is 10.8. The average molecular weight is 400 g/mol. The van der Waals surface area contributed by atoms with Gasteiger partial charge in [0.25, 0.3) is 0 Å². The van der Waals surface area contributed by atoms with Gasteiger partial charge in [-0.25, -0.2) is 16.8 Å². The first-order valence-electron chi connectivity index (χ1n) is 6.01. The van der Waals surface area contributed by atoms with Crippen LogP contribution in [0.4, 0.5) is 0 Å². The molecule has 25 heavy (non-hydrogen) atoms. The molecule has 0 aliphatic carbocycles. The molecule has 0 bridgehead atoms. The van der Waals surface area contributed by atoms with Gasteiger partial charge in [0, 0.05) is 0 Å². The SMILES string of the molecule is O=c1c2cccc(S(=O)(=O)[O-])c2oc2c(S(=O)(=O)[O-])cccc12.[Na+].[Na+]. The summed E-state index contributed by atoms with van der Waals surface area (Å²) < 4.78 is 72.9. The average Bonchev–Trinajstić information content (AvgIpc) is 2.44. The van der Waals surface area contributed by atoms with Crippen molar-refractivity contribution < 1.29 is 89.5 Å². The van der Waals surface area contributed by atoms with E-state index in [2.05, 4.69) is 0 Å². The molecule has 0 aliphatic rings. The van der Waals surface area contributed by atoms with Gasteiger partial charge < -0.3 is 13.5 Å². The van der Waals surface area contributed by atoms with Crippen LogP contribution in [0.1, 0.15) is 0 Å². The van der Waals surface area contributed by atoms with Crippen molar-refractivity contribution in [2.45, 2.75) is 9.79 Å². The largest absolute Gasteiger partial charge is 1.00 e. The quantitative estimate of drug-likeness (QED) is 0.236. The summed E-state index contributed by atoms with van der Waals surface area (Å²) in [6.45, 7) is 0. The van der Waals surface area contributed by atoms with Crippen molar-refractivity contribution in [2.75, 3.05) is 0 Å². The molecule has 0 saturated heterocycles. The predicted octanol–water partition coefficient (Wildman–Crippen LogP) is -5.24. The molecule has 3 rings (SSSR count). The van der Waals surface area contributed by atoms with E-state index in [1.54, 1.807) is 0 Å². The maximum atomic E-state index is 12.4. The Kier molecular flexibility index (Phi) is 7.07. The first-order valence-corrected chi connectivity index (χ1v) is 8.83. The zero-order valence-corrected chi connectivity index (χ0v) is 18.7. The van der Waals surface area contributed by atoms with Crippen LogP contribution in [0.3, 0.4) is 0 Å². The van der Waals surface area contributed by atoms with Crippen LogP contribution in [-0.4, -0.2) is 25.9 Å². The number of para-hydroxylation sites is 2. The van der Waals surface area contributed by atoms with E-state index < -0.39 is 46.6 Å². The maximum Gasteiger partial charge on any atom is 1.00 e. The zero-order valence-electron chi connectivity index (χ0n) is 13.0. The third-order valence-corrected chi connectivity index (χ3v) is 4.91. The number of hydrogen-bond acceptors (Lipinski definition) is 8. The summed E-state index contributed by atoms with van der Waals surface area (Å²) >= 11 is 0. The van der Waals surface area contributed by atoms with Crippen molar-refractivity contribution in [1.29, 1.82) is 0 Å². The van der Waals surface area contributed by atoms with Crippen LogP contribution in [0.25, 0.3) is 21.9 Å². The summed E-state index contributed by atoms with van der Waals surface area (Å²) in [6, 6.07) is 6.68. The van der Waals surface area contributed by atoms with Gasteiger partial charge in [0.1, 0.15) is 20.2 Å². The molecule has 0 saturated carbocycles. The van der Waals surface area contributed by atoms with E-state index >= 15 is 0 Å². The third kappa shape index (κ3) is 4.19. The molecule has 0 amide bonds. The van der Waals surface area contributed by atoms with E-state index in [1.807, 2.05) is 0 Å². The Morgan fingerprint density at radius 2 is 1.08 bits per heavy atom. The Hall–Kier alpha value is -0.270. The van der Waals surface area contributed by atoms with Crippen LogP contribution in [0.2, 0.25) is 0 Å². The molecule has 12 heteroatoms. The van der Waals surface area contributed by atoms with E-state index in [1.165, 1.54) is 24.3 Å². The minimum atomic E-state index is -4.97. The molecule has 0 aliphatic heterocycles. The fourth-order valence-corrected chi connectivity index (χ4v) is 3.49. The molecule has 1 heterocycles. The van der Waals surface area contributed by atoms with Crippen LogP contribution in [-0.2, 0) is 20.2 Å². The summed E-state index contributed by atoms with van der Waals surface area (Å²) in [6.07, 6.45) is 0. The van der Waals surface area contributed by atoms with E-state index in [9.17, 15) is 30.7 Å². The molecule has 2 aromatic carbocycles. The van der Waals surface area contributed by atoms with Crippen molar-refractivity contribution >= 4 is 42.2 Å². The van der Waals surface area contributed by atoms with Gasteiger partial charge >= 0.3 is 59.1 Å². The predicted molar refractivity (Wildman–Crippen MR) is 75.9 cm³/mol. The van der Waals surface area contributed by atoms with Crippen LogP contribution in [0.15, 0.2) is 55.4 Å². The standard InChI is InChI=1S/C13H8O8S2.2Na/c14-11-7-3-1-5-9(22(15,16)17)12(7)21-13-8(11)4-2-6-10(13)23(18,19)20;;/h1-6H,(H,15,16,17)(H,18,19,20);;/q;2*+1/p-2. The van der Waals surface area contributed by atoms with E-state index in [0.717, 1.165) is 12.1 Å². The smallest absolute Gasteiger partial charge is 0.744 e. The number of hydrogen-bond donors (Lipinski definition) is 0. The summed E-state index contributed by atoms with van der Waals surface area (Å²) in [5, 5.41) is -0.426. The van der Waals surface area contributed by atoms with Crippen LogP contribution >= 0.6 is 0 Å². The molecule has 0 atom stereocenters. The topological polar surface area (TPSA) is 145 Å². The fourth-order valence-electron chi connectivity index (χ4n) is 2.24. The van der Waals surface area contributed by atoms with Gasteiger partial charge in [-0.3, -0.25) is 4.79 Å². The molecule has 0 spiro atoms. The summed E-state index contributed by atoms with van der Waals surface area (Å²) in [7, 11) is -9.95.